The lowest BCUT2D eigenvalue weighted by Gasteiger charge is -2.12. The molecule has 0 fully saturated rings. The number of hydrogen-bond acceptors (Lipinski definition) is 3. The van der Waals surface area contributed by atoms with Gasteiger partial charge in [-0.3, -0.25) is 0 Å². The molecular formula is C23H23N2PS. The van der Waals surface area contributed by atoms with Gasteiger partial charge in [-0.2, -0.15) is 0 Å². The highest BCUT2D eigenvalue weighted by Crippen LogP contribution is 2.37. The maximum atomic E-state index is 4.97. The first-order valence-corrected chi connectivity index (χ1v) is 10.4. The summed E-state index contributed by atoms with van der Waals surface area (Å²) in [6.07, 6.45) is 0. The third kappa shape index (κ3) is 3.38. The lowest BCUT2D eigenvalue weighted by molar-refractivity contribution is 1.32. The van der Waals surface area contributed by atoms with Crippen molar-refractivity contribution in [1.29, 1.82) is 0 Å². The molecule has 2 nitrogen and oxygen atoms in total. The van der Waals surface area contributed by atoms with Crippen LogP contribution in [0.2, 0.25) is 0 Å². The first kappa shape index (κ1) is 18.2. The third-order valence-electron chi connectivity index (χ3n) is 4.90. The molecule has 0 aliphatic rings. The van der Waals surface area contributed by atoms with Crippen molar-refractivity contribution >= 4 is 46.9 Å². The Morgan fingerprint density at radius 3 is 2.30 bits per heavy atom. The maximum Gasteiger partial charge on any atom is 0.188 e. The maximum absolute atomic E-state index is 4.97. The fourth-order valence-electron chi connectivity index (χ4n) is 3.78. The summed E-state index contributed by atoms with van der Waals surface area (Å²) < 4.78 is 1.20. The Hall–Kier alpha value is -2.22. The zero-order valence-electron chi connectivity index (χ0n) is 16.1. The summed E-state index contributed by atoms with van der Waals surface area (Å²) in [5, 5.41) is 5.61. The molecule has 0 aliphatic heterocycles. The van der Waals surface area contributed by atoms with E-state index < -0.39 is 0 Å². The molecule has 4 aromatic rings. The van der Waals surface area contributed by atoms with Crippen LogP contribution >= 0.6 is 20.6 Å². The number of benzene rings is 3. The summed E-state index contributed by atoms with van der Waals surface area (Å²) in [4.78, 5) is 4.97. The largest absolute Gasteiger partial charge is 0.331 e. The lowest BCUT2D eigenvalue weighted by atomic mass is 9.93. The van der Waals surface area contributed by atoms with Crippen LogP contribution in [0.4, 0.5) is 10.8 Å². The van der Waals surface area contributed by atoms with E-state index in [1.165, 1.54) is 38.1 Å². The van der Waals surface area contributed by atoms with E-state index in [1.54, 1.807) is 11.3 Å². The van der Waals surface area contributed by atoms with E-state index in [0.717, 1.165) is 21.6 Å². The molecule has 1 N–H and O–H groups in total. The van der Waals surface area contributed by atoms with E-state index in [9.17, 15) is 0 Å². The fourth-order valence-corrected chi connectivity index (χ4v) is 5.08. The molecule has 0 amide bonds. The Bertz CT molecular complexity index is 1120. The quantitative estimate of drug-likeness (QED) is 0.407. The van der Waals surface area contributed by atoms with Gasteiger partial charge in [0.05, 0.1) is 15.9 Å². The van der Waals surface area contributed by atoms with Gasteiger partial charge in [0, 0.05) is 5.56 Å². The minimum Gasteiger partial charge on any atom is -0.331 e. The van der Waals surface area contributed by atoms with Crippen LogP contribution in [0.15, 0.2) is 48.5 Å². The molecule has 0 saturated carbocycles. The van der Waals surface area contributed by atoms with Crippen molar-refractivity contribution in [2.75, 3.05) is 5.32 Å². The van der Waals surface area contributed by atoms with E-state index >= 15 is 0 Å². The number of nitrogens with one attached hydrogen (secondary N) is 1. The molecule has 27 heavy (non-hydrogen) atoms. The Kier molecular flexibility index (Phi) is 4.75. The minimum absolute atomic E-state index is 0.929. The summed E-state index contributed by atoms with van der Waals surface area (Å²) in [5.74, 6) is 0. The second-order valence-electron chi connectivity index (χ2n) is 7.11. The number of thiazole rings is 1. The number of nitrogens with zero attached hydrogens (tertiary/aromatic N) is 1. The molecule has 0 bridgehead atoms. The van der Waals surface area contributed by atoms with Gasteiger partial charge < -0.3 is 5.32 Å². The van der Waals surface area contributed by atoms with Gasteiger partial charge in [-0.05, 0) is 61.3 Å². The SMILES string of the molecule is Cc1cc(C)c(-c2cccc3sc(Nc4c(C)cccc4P)nc23)c(C)c1. The summed E-state index contributed by atoms with van der Waals surface area (Å²) in [6.45, 7) is 8.65. The number of aromatic nitrogens is 1. The molecule has 0 saturated heterocycles. The predicted molar refractivity (Wildman–Crippen MR) is 123 cm³/mol. The van der Waals surface area contributed by atoms with Gasteiger partial charge in [0.1, 0.15) is 0 Å². The zero-order chi connectivity index (χ0) is 19.1. The van der Waals surface area contributed by atoms with Crippen LogP contribution < -0.4 is 10.6 Å². The number of para-hydroxylation sites is 2. The molecule has 3 aromatic carbocycles. The number of aryl methyl sites for hydroxylation is 4. The van der Waals surface area contributed by atoms with Crippen LogP contribution in [0.1, 0.15) is 22.3 Å². The molecule has 1 aromatic heterocycles. The first-order valence-electron chi connectivity index (χ1n) is 9.04. The molecule has 4 rings (SSSR count). The summed E-state index contributed by atoms with van der Waals surface area (Å²) in [7, 11) is 2.80. The second-order valence-corrected chi connectivity index (χ2v) is 8.76. The fraction of sp³-hybridized carbons (Fsp3) is 0.174. The molecule has 0 aliphatic carbocycles. The third-order valence-corrected chi connectivity index (χ3v) is 6.32. The monoisotopic (exact) mass is 390 g/mol. The van der Waals surface area contributed by atoms with Crippen LogP contribution in [0.25, 0.3) is 21.3 Å². The highest BCUT2D eigenvalue weighted by molar-refractivity contribution is 7.28. The average molecular weight is 390 g/mol. The molecule has 0 radical (unpaired) electrons. The standard InChI is InChI=1S/C23H23N2PS/c1-13-11-15(3)20(16(4)12-13)17-8-6-10-19-22(17)25-23(27-19)24-21-14(2)7-5-9-18(21)26/h5-12H,26H2,1-4H3,(H,24,25). The van der Waals surface area contributed by atoms with Gasteiger partial charge in [-0.15, -0.1) is 9.24 Å². The van der Waals surface area contributed by atoms with E-state index in [0.29, 0.717) is 0 Å². The van der Waals surface area contributed by atoms with Crippen LogP contribution in [-0.4, -0.2) is 4.98 Å². The van der Waals surface area contributed by atoms with Crippen molar-refractivity contribution in [2.24, 2.45) is 0 Å². The zero-order valence-corrected chi connectivity index (χ0v) is 18.0. The van der Waals surface area contributed by atoms with Crippen LogP contribution in [-0.2, 0) is 0 Å². The van der Waals surface area contributed by atoms with E-state index in [4.69, 9.17) is 4.98 Å². The summed E-state index contributed by atoms with van der Waals surface area (Å²) in [6, 6.07) is 17.3. The first-order chi connectivity index (χ1) is 12.9. The van der Waals surface area contributed by atoms with Crippen molar-refractivity contribution in [2.45, 2.75) is 27.7 Å². The van der Waals surface area contributed by atoms with Crippen molar-refractivity contribution < 1.29 is 0 Å². The lowest BCUT2D eigenvalue weighted by Crippen LogP contribution is -2.03. The van der Waals surface area contributed by atoms with Crippen molar-refractivity contribution in [3.05, 3.63) is 70.8 Å². The van der Waals surface area contributed by atoms with Gasteiger partial charge in [-0.1, -0.05) is 59.4 Å². The smallest absolute Gasteiger partial charge is 0.188 e. The minimum atomic E-state index is 0.929. The Morgan fingerprint density at radius 1 is 0.889 bits per heavy atom. The van der Waals surface area contributed by atoms with E-state index in [1.807, 2.05) is 0 Å². The number of hydrogen-bond donors (Lipinski definition) is 1. The average Bonchev–Trinajstić information content (AvgIpc) is 3.01. The number of anilines is 2. The van der Waals surface area contributed by atoms with Gasteiger partial charge in [0.2, 0.25) is 0 Å². The van der Waals surface area contributed by atoms with Gasteiger partial charge in [-0.25, -0.2) is 4.98 Å². The topological polar surface area (TPSA) is 24.9 Å². The summed E-state index contributed by atoms with van der Waals surface area (Å²) >= 11 is 1.70. The van der Waals surface area contributed by atoms with Crippen molar-refractivity contribution in [3.63, 3.8) is 0 Å². The normalized spacial score (nSPS) is 11.1. The second kappa shape index (κ2) is 7.07. The molecule has 4 heteroatoms. The molecule has 1 unspecified atom stereocenters. The molecular weight excluding hydrogens is 367 g/mol. The Balaban J connectivity index is 1.84. The Morgan fingerprint density at radius 2 is 1.59 bits per heavy atom. The van der Waals surface area contributed by atoms with Crippen molar-refractivity contribution in [1.82, 2.24) is 4.98 Å². The number of rotatable bonds is 3. The van der Waals surface area contributed by atoms with Crippen LogP contribution in [0.5, 0.6) is 0 Å². The van der Waals surface area contributed by atoms with Crippen molar-refractivity contribution in [3.8, 4) is 11.1 Å². The molecule has 1 heterocycles. The Labute approximate surface area is 166 Å². The van der Waals surface area contributed by atoms with Gasteiger partial charge in [0.25, 0.3) is 0 Å². The highest BCUT2D eigenvalue weighted by atomic mass is 32.1. The molecule has 1 atom stereocenters. The highest BCUT2D eigenvalue weighted by Gasteiger charge is 2.14. The predicted octanol–water partition coefficient (Wildman–Crippen LogP) is 6.44. The van der Waals surface area contributed by atoms with Gasteiger partial charge in [0.15, 0.2) is 5.13 Å². The summed E-state index contributed by atoms with van der Waals surface area (Å²) in [5.41, 5.74) is 9.81. The van der Waals surface area contributed by atoms with E-state index in [2.05, 4.69) is 90.8 Å². The number of fused-ring (bicyclic) bond motifs is 1. The van der Waals surface area contributed by atoms with Crippen LogP contribution in [0.3, 0.4) is 0 Å². The van der Waals surface area contributed by atoms with Gasteiger partial charge >= 0.3 is 0 Å². The molecule has 136 valence electrons. The van der Waals surface area contributed by atoms with Crippen LogP contribution in [0, 0.1) is 27.7 Å². The van der Waals surface area contributed by atoms with E-state index in [-0.39, 0.29) is 0 Å². The molecule has 0 spiro atoms.